The molecule has 0 aromatic carbocycles. The third kappa shape index (κ3) is 2.58. The molecule has 0 saturated carbocycles. The molecule has 0 spiro atoms. The van der Waals surface area contributed by atoms with Crippen molar-refractivity contribution in [1.82, 2.24) is 15.5 Å². The Labute approximate surface area is 114 Å². The van der Waals surface area contributed by atoms with E-state index in [4.69, 9.17) is 0 Å². The van der Waals surface area contributed by atoms with Gasteiger partial charge in [-0.15, -0.1) is 0 Å². The van der Waals surface area contributed by atoms with Crippen LogP contribution in [0.3, 0.4) is 0 Å². The summed E-state index contributed by atoms with van der Waals surface area (Å²) in [5, 5.41) is 4.65. The standard InChI is InChI=1S/C12H13N3O5/c1-6(16)5-13-7-4-10(18)15(12(7)20)8-2-3-9(17)14-11(8)19/h4,8,13H,2-3,5H2,1H3,(H,14,17,19). The molecule has 106 valence electrons. The van der Waals surface area contributed by atoms with E-state index < -0.39 is 29.7 Å². The second kappa shape index (κ2) is 5.24. The molecule has 0 aromatic heterocycles. The lowest BCUT2D eigenvalue weighted by Gasteiger charge is -2.28. The van der Waals surface area contributed by atoms with Crippen LogP contribution in [0.15, 0.2) is 11.8 Å². The number of ketones is 1. The summed E-state index contributed by atoms with van der Waals surface area (Å²) in [5.74, 6) is -2.57. The lowest BCUT2D eigenvalue weighted by Crippen LogP contribution is -2.54. The summed E-state index contributed by atoms with van der Waals surface area (Å²) in [6.07, 6.45) is 1.23. The third-order valence-electron chi connectivity index (χ3n) is 3.00. The number of nitrogens with zero attached hydrogens (tertiary/aromatic N) is 1. The van der Waals surface area contributed by atoms with Gasteiger partial charge in [0.15, 0.2) is 0 Å². The molecule has 2 aliphatic rings. The highest BCUT2D eigenvalue weighted by atomic mass is 16.2. The molecule has 2 N–H and O–H groups in total. The van der Waals surface area contributed by atoms with Crippen molar-refractivity contribution in [3.8, 4) is 0 Å². The van der Waals surface area contributed by atoms with Crippen molar-refractivity contribution < 1.29 is 24.0 Å². The van der Waals surface area contributed by atoms with Crippen LogP contribution in [0.2, 0.25) is 0 Å². The van der Waals surface area contributed by atoms with E-state index in [1.807, 2.05) is 0 Å². The monoisotopic (exact) mass is 279 g/mol. The van der Waals surface area contributed by atoms with Gasteiger partial charge in [-0.1, -0.05) is 0 Å². The molecule has 8 nitrogen and oxygen atoms in total. The average Bonchev–Trinajstić information content (AvgIpc) is 2.63. The summed E-state index contributed by atoms with van der Waals surface area (Å²) in [4.78, 5) is 58.3. The minimum absolute atomic E-state index is 0.0186. The first-order valence-corrected chi connectivity index (χ1v) is 6.06. The van der Waals surface area contributed by atoms with E-state index in [-0.39, 0.29) is 30.9 Å². The number of Topliss-reactive ketones (excluding diaryl/α,β-unsaturated/α-hetero) is 1. The minimum Gasteiger partial charge on any atom is -0.373 e. The number of amides is 4. The van der Waals surface area contributed by atoms with Gasteiger partial charge in [0, 0.05) is 12.5 Å². The number of piperidine rings is 1. The normalized spacial score (nSPS) is 22.8. The predicted octanol–water partition coefficient (Wildman–Crippen LogP) is -1.78. The molecule has 0 radical (unpaired) electrons. The van der Waals surface area contributed by atoms with Gasteiger partial charge < -0.3 is 5.32 Å². The Morgan fingerprint density at radius 3 is 2.70 bits per heavy atom. The van der Waals surface area contributed by atoms with Crippen molar-refractivity contribution in [2.75, 3.05) is 6.54 Å². The van der Waals surface area contributed by atoms with Gasteiger partial charge in [-0.05, 0) is 13.3 Å². The number of rotatable bonds is 4. The summed E-state index contributed by atoms with van der Waals surface area (Å²) in [7, 11) is 0. The number of hydrogen-bond donors (Lipinski definition) is 2. The quantitative estimate of drug-likeness (QED) is 0.588. The van der Waals surface area contributed by atoms with Crippen LogP contribution in [0.5, 0.6) is 0 Å². The maximum absolute atomic E-state index is 12.1. The van der Waals surface area contributed by atoms with Gasteiger partial charge in [0.1, 0.15) is 17.5 Å². The molecule has 2 aliphatic heterocycles. The number of nitrogens with one attached hydrogen (secondary N) is 2. The van der Waals surface area contributed by atoms with E-state index >= 15 is 0 Å². The second-order valence-electron chi connectivity index (χ2n) is 4.59. The van der Waals surface area contributed by atoms with Crippen LogP contribution in [0.4, 0.5) is 0 Å². The Morgan fingerprint density at radius 2 is 2.10 bits per heavy atom. The van der Waals surface area contributed by atoms with Crippen molar-refractivity contribution in [1.29, 1.82) is 0 Å². The Bertz CT molecular complexity index is 551. The van der Waals surface area contributed by atoms with E-state index in [1.165, 1.54) is 6.92 Å². The van der Waals surface area contributed by atoms with Gasteiger partial charge in [-0.3, -0.25) is 34.2 Å². The molecule has 1 saturated heterocycles. The molecule has 1 atom stereocenters. The molecule has 2 rings (SSSR count). The molecule has 0 aromatic rings. The molecule has 2 heterocycles. The van der Waals surface area contributed by atoms with E-state index in [0.717, 1.165) is 11.0 Å². The highest BCUT2D eigenvalue weighted by molar-refractivity contribution is 6.18. The molecule has 0 aliphatic carbocycles. The summed E-state index contributed by atoms with van der Waals surface area (Å²) < 4.78 is 0. The fraction of sp³-hybridized carbons (Fsp3) is 0.417. The van der Waals surface area contributed by atoms with Gasteiger partial charge in [0.05, 0.1) is 6.54 Å². The number of hydrogen-bond acceptors (Lipinski definition) is 6. The van der Waals surface area contributed by atoms with Gasteiger partial charge in [-0.2, -0.15) is 0 Å². The molecular weight excluding hydrogens is 266 g/mol. The fourth-order valence-corrected chi connectivity index (χ4v) is 2.05. The maximum Gasteiger partial charge on any atom is 0.277 e. The van der Waals surface area contributed by atoms with E-state index in [1.54, 1.807) is 0 Å². The number of carbonyl (C=O) groups is 5. The van der Waals surface area contributed by atoms with Gasteiger partial charge in [-0.25, -0.2) is 0 Å². The summed E-state index contributed by atoms with van der Waals surface area (Å²) >= 11 is 0. The Morgan fingerprint density at radius 1 is 1.40 bits per heavy atom. The Kier molecular flexibility index (Phi) is 3.64. The molecular formula is C12H13N3O5. The van der Waals surface area contributed by atoms with Crippen molar-refractivity contribution in [2.24, 2.45) is 0 Å². The van der Waals surface area contributed by atoms with Crippen LogP contribution in [0.25, 0.3) is 0 Å². The lowest BCUT2D eigenvalue weighted by molar-refractivity contribution is -0.149. The van der Waals surface area contributed by atoms with E-state index in [2.05, 4.69) is 10.6 Å². The van der Waals surface area contributed by atoms with Crippen molar-refractivity contribution in [2.45, 2.75) is 25.8 Å². The van der Waals surface area contributed by atoms with Gasteiger partial charge >= 0.3 is 0 Å². The largest absolute Gasteiger partial charge is 0.373 e. The zero-order chi connectivity index (χ0) is 14.9. The highest BCUT2D eigenvalue weighted by Gasteiger charge is 2.42. The van der Waals surface area contributed by atoms with Gasteiger partial charge in [0.2, 0.25) is 11.8 Å². The number of imide groups is 2. The van der Waals surface area contributed by atoms with Gasteiger partial charge in [0.25, 0.3) is 11.8 Å². The average molecular weight is 279 g/mol. The van der Waals surface area contributed by atoms with Crippen LogP contribution in [-0.4, -0.2) is 46.9 Å². The first-order valence-electron chi connectivity index (χ1n) is 6.06. The molecule has 0 bridgehead atoms. The first kappa shape index (κ1) is 13.9. The lowest BCUT2D eigenvalue weighted by atomic mass is 10.0. The fourth-order valence-electron chi connectivity index (χ4n) is 2.05. The van der Waals surface area contributed by atoms with Crippen LogP contribution < -0.4 is 10.6 Å². The Hall–Kier alpha value is -2.51. The van der Waals surface area contributed by atoms with E-state index in [9.17, 15) is 24.0 Å². The molecule has 1 unspecified atom stereocenters. The van der Waals surface area contributed by atoms with Crippen LogP contribution in [-0.2, 0) is 24.0 Å². The first-order chi connectivity index (χ1) is 9.40. The molecule has 1 fully saturated rings. The summed E-state index contributed by atoms with van der Waals surface area (Å²) in [5.41, 5.74) is -0.0186. The van der Waals surface area contributed by atoms with Crippen LogP contribution in [0.1, 0.15) is 19.8 Å². The third-order valence-corrected chi connectivity index (χ3v) is 3.00. The zero-order valence-electron chi connectivity index (χ0n) is 10.8. The minimum atomic E-state index is -0.986. The highest BCUT2D eigenvalue weighted by Crippen LogP contribution is 2.19. The molecule has 20 heavy (non-hydrogen) atoms. The number of carbonyl (C=O) groups excluding carboxylic acids is 5. The van der Waals surface area contributed by atoms with E-state index in [0.29, 0.717) is 0 Å². The SMILES string of the molecule is CC(=O)CNC1=CC(=O)N(C2CCC(=O)NC2=O)C1=O. The zero-order valence-corrected chi connectivity index (χ0v) is 10.8. The molecule has 4 amide bonds. The van der Waals surface area contributed by atoms with Crippen molar-refractivity contribution >= 4 is 29.4 Å². The topological polar surface area (TPSA) is 113 Å². The maximum atomic E-state index is 12.1. The Balaban J connectivity index is 2.10. The van der Waals surface area contributed by atoms with Crippen molar-refractivity contribution in [3.63, 3.8) is 0 Å². The second-order valence-corrected chi connectivity index (χ2v) is 4.59. The summed E-state index contributed by atoms with van der Waals surface area (Å²) in [6.45, 7) is 1.26. The molecule has 8 heteroatoms. The summed E-state index contributed by atoms with van der Waals surface area (Å²) in [6, 6.07) is -0.986. The van der Waals surface area contributed by atoms with Crippen LogP contribution >= 0.6 is 0 Å². The smallest absolute Gasteiger partial charge is 0.277 e. The predicted molar refractivity (Wildman–Crippen MR) is 64.8 cm³/mol. The van der Waals surface area contributed by atoms with Crippen molar-refractivity contribution in [3.05, 3.63) is 11.8 Å². The van der Waals surface area contributed by atoms with Crippen LogP contribution in [0, 0.1) is 0 Å².